The minimum atomic E-state index is 1.15. The summed E-state index contributed by atoms with van der Waals surface area (Å²) in [6, 6.07) is 6.80. The standard InChI is InChI=1S/C19H31N/c1-2-3-4-5-6-7-8-9-12-17-13-10-15-19-18(17)14-11-16-20-19/h10,13,15,20H,2-9,11-12,14,16H2,1H3. The molecule has 1 aromatic carbocycles. The highest BCUT2D eigenvalue weighted by atomic mass is 14.9. The zero-order chi connectivity index (χ0) is 14.0. The van der Waals surface area contributed by atoms with Crippen LogP contribution in [0.2, 0.25) is 0 Å². The quantitative estimate of drug-likeness (QED) is 0.567. The van der Waals surface area contributed by atoms with Crippen molar-refractivity contribution in [2.45, 2.75) is 77.6 Å². The molecule has 0 atom stereocenters. The van der Waals surface area contributed by atoms with Gasteiger partial charge in [-0.2, -0.15) is 0 Å². The van der Waals surface area contributed by atoms with E-state index in [4.69, 9.17) is 0 Å². The number of hydrogen-bond donors (Lipinski definition) is 1. The second-order valence-corrected chi connectivity index (χ2v) is 6.20. The minimum absolute atomic E-state index is 1.15. The Morgan fingerprint density at radius 1 is 0.950 bits per heavy atom. The van der Waals surface area contributed by atoms with Crippen LogP contribution < -0.4 is 5.32 Å². The average molecular weight is 273 g/mol. The first kappa shape index (κ1) is 15.4. The number of benzene rings is 1. The van der Waals surface area contributed by atoms with Crippen LogP contribution in [-0.4, -0.2) is 6.54 Å². The topological polar surface area (TPSA) is 12.0 Å². The Balaban J connectivity index is 1.64. The molecule has 1 aliphatic heterocycles. The molecule has 0 amide bonds. The predicted molar refractivity (Wildman–Crippen MR) is 89.6 cm³/mol. The maximum atomic E-state index is 3.53. The lowest BCUT2D eigenvalue weighted by atomic mass is 9.94. The average Bonchev–Trinajstić information content (AvgIpc) is 2.50. The van der Waals surface area contributed by atoms with E-state index in [1.165, 1.54) is 76.3 Å². The van der Waals surface area contributed by atoms with Crippen LogP contribution in [0.1, 0.15) is 75.8 Å². The van der Waals surface area contributed by atoms with Crippen LogP contribution in [0.4, 0.5) is 5.69 Å². The third-order valence-electron chi connectivity index (χ3n) is 4.49. The van der Waals surface area contributed by atoms with Gasteiger partial charge in [0.2, 0.25) is 0 Å². The molecule has 0 fully saturated rings. The number of aryl methyl sites for hydroxylation is 1. The fourth-order valence-corrected chi connectivity index (χ4v) is 3.27. The molecule has 1 aromatic rings. The van der Waals surface area contributed by atoms with Crippen LogP contribution >= 0.6 is 0 Å². The van der Waals surface area contributed by atoms with Crippen LogP contribution in [-0.2, 0) is 12.8 Å². The van der Waals surface area contributed by atoms with Crippen LogP contribution in [0, 0.1) is 0 Å². The van der Waals surface area contributed by atoms with Crippen molar-refractivity contribution in [1.29, 1.82) is 0 Å². The van der Waals surface area contributed by atoms with Crippen molar-refractivity contribution in [2.24, 2.45) is 0 Å². The fraction of sp³-hybridized carbons (Fsp3) is 0.684. The summed E-state index contributed by atoms with van der Waals surface area (Å²) in [4.78, 5) is 0. The Morgan fingerprint density at radius 3 is 2.50 bits per heavy atom. The lowest BCUT2D eigenvalue weighted by molar-refractivity contribution is 0.575. The van der Waals surface area contributed by atoms with Gasteiger partial charge in [0, 0.05) is 12.2 Å². The van der Waals surface area contributed by atoms with Crippen molar-refractivity contribution < 1.29 is 0 Å². The minimum Gasteiger partial charge on any atom is -0.385 e. The summed E-state index contributed by atoms with van der Waals surface area (Å²) in [6.07, 6.45) is 15.1. The van der Waals surface area contributed by atoms with Crippen molar-refractivity contribution in [1.82, 2.24) is 0 Å². The number of fused-ring (bicyclic) bond motifs is 1. The van der Waals surface area contributed by atoms with Gasteiger partial charge in [-0.25, -0.2) is 0 Å². The summed E-state index contributed by atoms with van der Waals surface area (Å²) in [5.74, 6) is 0. The maximum Gasteiger partial charge on any atom is 0.0375 e. The van der Waals surface area contributed by atoms with Gasteiger partial charge >= 0.3 is 0 Å². The van der Waals surface area contributed by atoms with Crippen molar-refractivity contribution in [3.63, 3.8) is 0 Å². The Morgan fingerprint density at radius 2 is 1.70 bits per heavy atom. The Bertz CT molecular complexity index is 383. The molecule has 1 heterocycles. The third-order valence-corrected chi connectivity index (χ3v) is 4.49. The van der Waals surface area contributed by atoms with Crippen LogP contribution in [0.3, 0.4) is 0 Å². The monoisotopic (exact) mass is 273 g/mol. The number of hydrogen-bond acceptors (Lipinski definition) is 1. The van der Waals surface area contributed by atoms with Crippen molar-refractivity contribution in [3.05, 3.63) is 29.3 Å². The molecule has 112 valence electrons. The molecular formula is C19H31N. The molecular weight excluding hydrogens is 242 g/mol. The van der Waals surface area contributed by atoms with Gasteiger partial charge in [-0.05, 0) is 42.9 Å². The SMILES string of the molecule is CCCCCCCCCCc1cccc2c1CCCN2. The molecule has 20 heavy (non-hydrogen) atoms. The van der Waals surface area contributed by atoms with E-state index in [-0.39, 0.29) is 0 Å². The summed E-state index contributed by atoms with van der Waals surface area (Å²) < 4.78 is 0. The zero-order valence-corrected chi connectivity index (χ0v) is 13.2. The summed E-state index contributed by atoms with van der Waals surface area (Å²) >= 11 is 0. The zero-order valence-electron chi connectivity index (χ0n) is 13.2. The molecule has 1 nitrogen and oxygen atoms in total. The van der Waals surface area contributed by atoms with Gasteiger partial charge in [0.05, 0.1) is 0 Å². The molecule has 0 radical (unpaired) electrons. The van der Waals surface area contributed by atoms with E-state index in [2.05, 4.69) is 30.4 Å². The fourth-order valence-electron chi connectivity index (χ4n) is 3.27. The Hall–Kier alpha value is -0.980. The second-order valence-electron chi connectivity index (χ2n) is 6.20. The van der Waals surface area contributed by atoms with E-state index >= 15 is 0 Å². The Kier molecular flexibility index (Phi) is 6.97. The number of nitrogens with one attached hydrogen (secondary N) is 1. The molecule has 2 rings (SSSR count). The van der Waals surface area contributed by atoms with Gasteiger partial charge in [-0.15, -0.1) is 0 Å². The van der Waals surface area contributed by atoms with Gasteiger partial charge in [-0.3, -0.25) is 0 Å². The van der Waals surface area contributed by atoms with Gasteiger partial charge in [0.1, 0.15) is 0 Å². The molecule has 0 unspecified atom stereocenters. The lowest BCUT2D eigenvalue weighted by Crippen LogP contribution is -2.13. The van der Waals surface area contributed by atoms with Crippen LogP contribution in [0.15, 0.2) is 18.2 Å². The summed E-state index contributed by atoms with van der Waals surface area (Å²) in [5, 5.41) is 3.53. The Labute approximate surface area is 125 Å². The summed E-state index contributed by atoms with van der Waals surface area (Å²) in [5.41, 5.74) is 4.59. The number of unbranched alkanes of at least 4 members (excludes halogenated alkanes) is 7. The van der Waals surface area contributed by atoms with E-state index in [0.717, 1.165) is 6.54 Å². The molecule has 0 bridgehead atoms. The molecule has 0 saturated carbocycles. The van der Waals surface area contributed by atoms with Gasteiger partial charge in [0.15, 0.2) is 0 Å². The maximum absolute atomic E-state index is 3.53. The van der Waals surface area contributed by atoms with E-state index in [9.17, 15) is 0 Å². The molecule has 1 heteroatoms. The van der Waals surface area contributed by atoms with E-state index < -0.39 is 0 Å². The van der Waals surface area contributed by atoms with Gasteiger partial charge < -0.3 is 5.32 Å². The lowest BCUT2D eigenvalue weighted by Gasteiger charge is -2.21. The first-order chi connectivity index (χ1) is 9.92. The highest BCUT2D eigenvalue weighted by Gasteiger charge is 2.11. The van der Waals surface area contributed by atoms with Gasteiger partial charge in [-0.1, -0.05) is 64.0 Å². The largest absolute Gasteiger partial charge is 0.385 e. The first-order valence-electron chi connectivity index (χ1n) is 8.76. The summed E-state index contributed by atoms with van der Waals surface area (Å²) in [6.45, 7) is 3.43. The van der Waals surface area contributed by atoms with E-state index in [1.807, 2.05) is 0 Å². The molecule has 0 saturated heterocycles. The smallest absolute Gasteiger partial charge is 0.0375 e. The van der Waals surface area contributed by atoms with Crippen LogP contribution in [0.25, 0.3) is 0 Å². The first-order valence-corrected chi connectivity index (χ1v) is 8.76. The van der Waals surface area contributed by atoms with Crippen LogP contribution in [0.5, 0.6) is 0 Å². The molecule has 1 aliphatic rings. The van der Waals surface area contributed by atoms with E-state index in [0.29, 0.717) is 0 Å². The highest BCUT2D eigenvalue weighted by molar-refractivity contribution is 5.56. The number of rotatable bonds is 9. The molecule has 0 spiro atoms. The number of anilines is 1. The van der Waals surface area contributed by atoms with Gasteiger partial charge in [0.25, 0.3) is 0 Å². The van der Waals surface area contributed by atoms with Crippen molar-refractivity contribution >= 4 is 5.69 Å². The van der Waals surface area contributed by atoms with Crippen molar-refractivity contribution in [2.75, 3.05) is 11.9 Å². The molecule has 1 N–H and O–H groups in total. The molecule has 0 aliphatic carbocycles. The van der Waals surface area contributed by atoms with E-state index in [1.54, 1.807) is 11.1 Å². The highest BCUT2D eigenvalue weighted by Crippen LogP contribution is 2.26. The molecule has 0 aromatic heterocycles. The summed E-state index contributed by atoms with van der Waals surface area (Å²) in [7, 11) is 0. The van der Waals surface area contributed by atoms with Crippen molar-refractivity contribution in [3.8, 4) is 0 Å². The third kappa shape index (κ3) is 4.85. The normalized spacial score (nSPS) is 13.8. The predicted octanol–water partition coefficient (Wildman–Crippen LogP) is 5.73. The second kappa shape index (κ2) is 9.05.